The Bertz CT molecular complexity index is 1090. The van der Waals surface area contributed by atoms with Gasteiger partial charge >= 0.3 is 5.97 Å². The summed E-state index contributed by atoms with van der Waals surface area (Å²) in [5.41, 5.74) is 4.75. The molecule has 140 valence electrons. The molecule has 0 aliphatic heterocycles. The van der Waals surface area contributed by atoms with Gasteiger partial charge in [0.05, 0.1) is 6.20 Å². The summed E-state index contributed by atoms with van der Waals surface area (Å²) in [5.74, 6) is -0.0293. The van der Waals surface area contributed by atoms with E-state index in [0.29, 0.717) is 13.0 Å². The van der Waals surface area contributed by atoms with Crippen LogP contribution in [-0.4, -0.2) is 30.7 Å². The minimum atomic E-state index is -0.790. The lowest BCUT2D eigenvalue weighted by atomic mass is 10.0. The number of pyridine rings is 1. The second kappa shape index (κ2) is 7.87. The summed E-state index contributed by atoms with van der Waals surface area (Å²) < 4.78 is 1.74. The molecular formula is C21H19N5O2. The number of aromatic nitrogens is 4. The molecule has 7 heteroatoms. The van der Waals surface area contributed by atoms with Gasteiger partial charge in [-0.15, -0.1) is 0 Å². The largest absolute Gasteiger partial charge is 0.481 e. The number of carboxylic acids is 1. The molecule has 0 bridgehead atoms. The molecule has 0 radical (unpaired) electrons. The number of nitrogens with zero attached hydrogens (tertiary/aromatic N) is 4. The molecule has 0 unspecified atom stereocenters. The number of hydrogen-bond donors (Lipinski definition) is 2. The number of rotatable bonds is 7. The van der Waals surface area contributed by atoms with Gasteiger partial charge in [-0.3, -0.25) is 9.78 Å². The monoisotopic (exact) mass is 373 g/mol. The number of aryl methyl sites for hydroxylation is 1. The molecule has 4 aromatic rings. The van der Waals surface area contributed by atoms with E-state index in [-0.39, 0.29) is 6.42 Å². The number of fused-ring (bicyclic) bond motifs is 1. The van der Waals surface area contributed by atoms with Crippen LogP contribution < -0.4 is 5.32 Å². The van der Waals surface area contributed by atoms with Crippen molar-refractivity contribution in [2.45, 2.75) is 19.4 Å². The topological polar surface area (TPSA) is 92.4 Å². The van der Waals surface area contributed by atoms with E-state index >= 15 is 0 Å². The Hall–Kier alpha value is -3.74. The van der Waals surface area contributed by atoms with Gasteiger partial charge in [0.2, 0.25) is 0 Å². The Kier molecular flexibility index (Phi) is 4.97. The van der Waals surface area contributed by atoms with E-state index in [4.69, 9.17) is 10.1 Å². The summed E-state index contributed by atoms with van der Waals surface area (Å²) in [6, 6.07) is 13.7. The molecule has 7 nitrogen and oxygen atoms in total. The molecule has 0 spiro atoms. The van der Waals surface area contributed by atoms with Crippen molar-refractivity contribution in [3.8, 4) is 11.1 Å². The third-order valence-corrected chi connectivity index (χ3v) is 4.46. The van der Waals surface area contributed by atoms with Crippen molar-refractivity contribution in [2.75, 3.05) is 5.32 Å². The highest BCUT2D eigenvalue weighted by molar-refractivity contribution is 5.77. The van der Waals surface area contributed by atoms with E-state index < -0.39 is 5.97 Å². The highest BCUT2D eigenvalue weighted by Gasteiger charge is 2.09. The van der Waals surface area contributed by atoms with Crippen LogP contribution >= 0.6 is 0 Å². The van der Waals surface area contributed by atoms with E-state index in [0.717, 1.165) is 33.7 Å². The molecule has 0 amide bonds. The fourth-order valence-corrected chi connectivity index (χ4v) is 2.97. The maximum Gasteiger partial charge on any atom is 0.303 e. The van der Waals surface area contributed by atoms with Crippen LogP contribution in [0.25, 0.3) is 16.8 Å². The van der Waals surface area contributed by atoms with Gasteiger partial charge in [0, 0.05) is 37.1 Å². The number of carboxylic acid groups (broad SMARTS) is 1. The zero-order valence-electron chi connectivity index (χ0n) is 15.1. The second-order valence-corrected chi connectivity index (χ2v) is 6.44. The summed E-state index contributed by atoms with van der Waals surface area (Å²) in [6.07, 6.45) is 7.88. The Morgan fingerprint density at radius 3 is 2.68 bits per heavy atom. The first-order valence-corrected chi connectivity index (χ1v) is 8.97. The Labute approximate surface area is 161 Å². The molecule has 0 aliphatic carbocycles. The molecule has 0 saturated carbocycles. The molecule has 0 atom stereocenters. The molecule has 0 fully saturated rings. The van der Waals surface area contributed by atoms with Crippen LogP contribution in [-0.2, 0) is 17.8 Å². The van der Waals surface area contributed by atoms with Gasteiger partial charge < -0.3 is 10.4 Å². The Morgan fingerprint density at radius 1 is 1.07 bits per heavy atom. The van der Waals surface area contributed by atoms with Crippen LogP contribution in [0.2, 0.25) is 0 Å². The predicted molar refractivity (Wildman–Crippen MR) is 106 cm³/mol. The zero-order chi connectivity index (χ0) is 19.3. The highest BCUT2D eigenvalue weighted by Crippen LogP contribution is 2.25. The Morgan fingerprint density at radius 2 is 1.93 bits per heavy atom. The quantitative estimate of drug-likeness (QED) is 0.516. The molecule has 4 rings (SSSR count). The fourth-order valence-electron chi connectivity index (χ4n) is 2.97. The number of aliphatic carboxylic acids is 1. The molecule has 2 N–H and O–H groups in total. The van der Waals surface area contributed by atoms with Crippen molar-refractivity contribution in [3.05, 3.63) is 78.4 Å². The maximum absolute atomic E-state index is 10.7. The van der Waals surface area contributed by atoms with Crippen molar-refractivity contribution in [1.29, 1.82) is 0 Å². The van der Waals surface area contributed by atoms with Crippen molar-refractivity contribution in [2.24, 2.45) is 0 Å². The van der Waals surface area contributed by atoms with Crippen molar-refractivity contribution < 1.29 is 9.90 Å². The summed E-state index contributed by atoms with van der Waals surface area (Å²) in [5, 5.41) is 16.5. The first-order chi connectivity index (χ1) is 13.7. The van der Waals surface area contributed by atoms with Crippen molar-refractivity contribution >= 4 is 17.4 Å². The Balaban J connectivity index is 1.55. The summed E-state index contributed by atoms with van der Waals surface area (Å²) in [7, 11) is 0. The smallest absolute Gasteiger partial charge is 0.303 e. The van der Waals surface area contributed by atoms with Gasteiger partial charge in [-0.25, -0.2) is 9.50 Å². The summed E-state index contributed by atoms with van der Waals surface area (Å²) >= 11 is 0. The SMILES string of the molecule is O=C(O)CCc1ccc(-c2cnn3ccc(NCc4cccnc4)nc23)cc1. The van der Waals surface area contributed by atoms with E-state index in [1.807, 2.05) is 54.9 Å². The number of anilines is 1. The predicted octanol–water partition coefficient (Wildman–Crippen LogP) is 3.42. The second-order valence-electron chi connectivity index (χ2n) is 6.44. The standard InChI is InChI=1S/C21H19N5O2/c27-20(28)8-5-15-3-6-17(7-4-15)18-14-24-26-11-9-19(25-21(18)26)23-13-16-2-1-10-22-12-16/h1-4,6-7,9-12,14H,5,8,13H2,(H,23,25)(H,27,28). The molecule has 3 aromatic heterocycles. The summed E-state index contributed by atoms with van der Waals surface area (Å²) in [6.45, 7) is 0.638. The van der Waals surface area contributed by atoms with Crippen LogP contribution in [0.1, 0.15) is 17.5 Å². The molecular weight excluding hydrogens is 354 g/mol. The number of benzene rings is 1. The first-order valence-electron chi connectivity index (χ1n) is 8.97. The lowest BCUT2D eigenvalue weighted by Crippen LogP contribution is -2.03. The van der Waals surface area contributed by atoms with E-state index in [2.05, 4.69) is 15.4 Å². The normalized spacial score (nSPS) is 10.9. The van der Waals surface area contributed by atoms with E-state index in [1.165, 1.54) is 0 Å². The highest BCUT2D eigenvalue weighted by atomic mass is 16.4. The first kappa shape index (κ1) is 17.7. The van der Waals surface area contributed by atoms with Gasteiger partial charge in [0.25, 0.3) is 0 Å². The minimum absolute atomic E-state index is 0.129. The van der Waals surface area contributed by atoms with Gasteiger partial charge in [0.1, 0.15) is 5.82 Å². The lowest BCUT2D eigenvalue weighted by Gasteiger charge is -2.07. The number of nitrogens with one attached hydrogen (secondary N) is 1. The van der Waals surface area contributed by atoms with Crippen LogP contribution in [0.15, 0.2) is 67.3 Å². The average molecular weight is 373 g/mol. The van der Waals surface area contributed by atoms with E-state index in [9.17, 15) is 4.79 Å². The van der Waals surface area contributed by atoms with Gasteiger partial charge in [-0.1, -0.05) is 30.3 Å². The fraction of sp³-hybridized carbons (Fsp3) is 0.143. The van der Waals surface area contributed by atoms with Gasteiger partial charge in [-0.2, -0.15) is 5.10 Å². The maximum atomic E-state index is 10.7. The lowest BCUT2D eigenvalue weighted by molar-refractivity contribution is -0.136. The minimum Gasteiger partial charge on any atom is -0.481 e. The molecule has 0 aliphatic rings. The van der Waals surface area contributed by atoms with Gasteiger partial charge in [-0.05, 0) is 35.2 Å². The molecule has 28 heavy (non-hydrogen) atoms. The van der Waals surface area contributed by atoms with E-state index in [1.54, 1.807) is 16.9 Å². The molecule has 1 aromatic carbocycles. The van der Waals surface area contributed by atoms with Crippen molar-refractivity contribution in [1.82, 2.24) is 19.6 Å². The van der Waals surface area contributed by atoms with Crippen LogP contribution in [0.4, 0.5) is 5.82 Å². The molecule has 3 heterocycles. The number of hydrogen-bond acceptors (Lipinski definition) is 5. The zero-order valence-corrected chi connectivity index (χ0v) is 15.1. The van der Waals surface area contributed by atoms with Crippen LogP contribution in [0.3, 0.4) is 0 Å². The summed E-state index contributed by atoms with van der Waals surface area (Å²) in [4.78, 5) is 19.5. The average Bonchev–Trinajstić information content (AvgIpc) is 3.15. The van der Waals surface area contributed by atoms with Crippen LogP contribution in [0.5, 0.6) is 0 Å². The van der Waals surface area contributed by atoms with Crippen LogP contribution in [0, 0.1) is 0 Å². The third-order valence-electron chi connectivity index (χ3n) is 4.46. The van der Waals surface area contributed by atoms with Crippen molar-refractivity contribution in [3.63, 3.8) is 0 Å². The number of carbonyl (C=O) groups is 1. The third kappa shape index (κ3) is 3.98. The van der Waals surface area contributed by atoms with Gasteiger partial charge in [0.15, 0.2) is 5.65 Å². The molecule has 0 saturated heterocycles.